The van der Waals surface area contributed by atoms with Gasteiger partial charge in [-0.2, -0.15) is 0 Å². The van der Waals surface area contributed by atoms with Crippen LogP contribution in [0.5, 0.6) is 0 Å². The van der Waals surface area contributed by atoms with Gasteiger partial charge in [0.1, 0.15) is 5.54 Å². The standard InChI is InChI=1S/C15H17ClFNO3/c16-11-7-5-6-10(12(11)17)13(19)18-15(14(20)21)8-3-1-2-4-9-15/h5-7H,1-4,8-9H2,(H,18,19)(H,20,21). The Morgan fingerprint density at radius 3 is 2.38 bits per heavy atom. The van der Waals surface area contributed by atoms with Crippen molar-refractivity contribution in [2.45, 2.75) is 44.1 Å². The van der Waals surface area contributed by atoms with E-state index in [1.165, 1.54) is 18.2 Å². The maximum absolute atomic E-state index is 13.9. The molecule has 2 rings (SSSR count). The third-order valence-corrected chi connectivity index (χ3v) is 4.21. The lowest BCUT2D eigenvalue weighted by Crippen LogP contribution is -2.54. The number of hydrogen-bond acceptors (Lipinski definition) is 2. The molecule has 1 aromatic carbocycles. The molecule has 1 amide bonds. The lowest BCUT2D eigenvalue weighted by Gasteiger charge is -2.29. The fraction of sp³-hybridized carbons (Fsp3) is 0.467. The fourth-order valence-corrected chi connectivity index (χ4v) is 2.86. The number of nitrogens with one attached hydrogen (secondary N) is 1. The molecule has 114 valence electrons. The van der Waals surface area contributed by atoms with Crippen LogP contribution in [0.15, 0.2) is 18.2 Å². The number of hydrogen-bond donors (Lipinski definition) is 2. The number of carboxylic acids is 1. The van der Waals surface area contributed by atoms with E-state index in [2.05, 4.69) is 5.32 Å². The monoisotopic (exact) mass is 313 g/mol. The summed E-state index contributed by atoms with van der Waals surface area (Å²) >= 11 is 5.65. The molecule has 21 heavy (non-hydrogen) atoms. The van der Waals surface area contributed by atoms with Gasteiger partial charge >= 0.3 is 5.97 Å². The van der Waals surface area contributed by atoms with Gasteiger partial charge in [-0.25, -0.2) is 9.18 Å². The van der Waals surface area contributed by atoms with Gasteiger partial charge in [0.15, 0.2) is 5.82 Å². The number of halogens is 2. The average molecular weight is 314 g/mol. The van der Waals surface area contributed by atoms with Crippen LogP contribution in [0, 0.1) is 5.82 Å². The number of benzene rings is 1. The Balaban J connectivity index is 2.26. The summed E-state index contributed by atoms with van der Waals surface area (Å²) in [5.41, 5.74) is -1.55. The minimum Gasteiger partial charge on any atom is -0.480 e. The van der Waals surface area contributed by atoms with E-state index in [9.17, 15) is 19.1 Å². The number of rotatable bonds is 3. The molecule has 0 radical (unpaired) electrons. The van der Waals surface area contributed by atoms with E-state index in [0.717, 1.165) is 25.7 Å². The van der Waals surface area contributed by atoms with Crippen LogP contribution in [0.1, 0.15) is 48.9 Å². The van der Waals surface area contributed by atoms with Gasteiger partial charge in [0.05, 0.1) is 10.6 Å². The Kier molecular flexibility index (Phi) is 4.83. The average Bonchev–Trinajstić information content (AvgIpc) is 2.68. The summed E-state index contributed by atoms with van der Waals surface area (Å²) in [6, 6.07) is 4.09. The van der Waals surface area contributed by atoms with Crippen LogP contribution in [0.25, 0.3) is 0 Å². The molecule has 1 aromatic rings. The van der Waals surface area contributed by atoms with Gasteiger partial charge < -0.3 is 10.4 Å². The van der Waals surface area contributed by atoms with Gasteiger partial charge in [-0.05, 0) is 25.0 Å². The van der Waals surface area contributed by atoms with Crippen molar-refractivity contribution in [2.75, 3.05) is 0 Å². The predicted octanol–water partition coefficient (Wildman–Crippen LogP) is 3.39. The van der Waals surface area contributed by atoms with Crippen LogP contribution in [0.3, 0.4) is 0 Å². The lowest BCUT2D eigenvalue weighted by molar-refractivity contribution is -0.145. The number of carbonyl (C=O) groups is 2. The second-order valence-electron chi connectivity index (χ2n) is 5.36. The van der Waals surface area contributed by atoms with Gasteiger partial charge in [0.25, 0.3) is 5.91 Å². The van der Waals surface area contributed by atoms with E-state index in [1.807, 2.05) is 0 Å². The Morgan fingerprint density at radius 2 is 1.81 bits per heavy atom. The minimum atomic E-state index is -1.32. The molecule has 1 aliphatic carbocycles. The number of amides is 1. The molecule has 0 aliphatic heterocycles. The number of carbonyl (C=O) groups excluding carboxylic acids is 1. The highest BCUT2D eigenvalue weighted by molar-refractivity contribution is 6.31. The molecule has 1 aliphatic rings. The maximum Gasteiger partial charge on any atom is 0.329 e. The highest BCUT2D eigenvalue weighted by Crippen LogP contribution is 2.28. The normalized spacial score (nSPS) is 17.8. The first-order valence-corrected chi connectivity index (χ1v) is 7.34. The molecule has 0 saturated heterocycles. The van der Waals surface area contributed by atoms with E-state index >= 15 is 0 Å². The van der Waals surface area contributed by atoms with Crippen molar-refractivity contribution in [2.24, 2.45) is 0 Å². The summed E-state index contributed by atoms with van der Waals surface area (Å²) in [6.07, 6.45) is 4.05. The van der Waals surface area contributed by atoms with Gasteiger partial charge in [-0.15, -0.1) is 0 Å². The molecule has 0 heterocycles. The zero-order chi connectivity index (χ0) is 15.5. The summed E-state index contributed by atoms with van der Waals surface area (Å²) < 4.78 is 13.9. The summed E-state index contributed by atoms with van der Waals surface area (Å²) in [7, 11) is 0. The Hall–Kier alpha value is -1.62. The minimum absolute atomic E-state index is 0.159. The molecule has 0 unspecified atom stereocenters. The number of aliphatic carboxylic acids is 1. The predicted molar refractivity (Wildman–Crippen MR) is 76.9 cm³/mol. The van der Waals surface area contributed by atoms with Crippen molar-refractivity contribution < 1.29 is 19.1 Å². The van der Waals surface area contributed by atoms with Crippen LogP contribution in [-0.4, -0.2) is 22.5 Å². The first-order chi connectivity index (χ1) is 9.96. The van der Waals surface area contributed by atoms with Crippen LogP contribution in [-0.2, 0) is 4.79 Å². The molecule has 2 N–H and O–H groups in total. The van der Waals surface area contributed by atoms with Gasteiger partial charge in [-0.1, -0.05) is 43.4 Å². The quantitative estimate of drug-likeness (QED) is 0.841. The van der Waals surface area contributed by atoms with Gasteiger partial charge in [0.2, 0.25) is 0 Å². The Morgan fingerprint density at radius 1 is 1.19 bits per heavy atom. The Labute approximate surface area is 127 Å². The topological polar surface area (TPSA) is 66.4 Å². The first kappa shape index (κ1) is 15.8. The molecule has 0 spiro atoms. The summed E-state index contributed by atoms with van der Waals surface area (Å²) in [5, 5.41) is 11.9. The molecule has 0 bridgehead atoms. The van der Waals surface area contributed by atoms with Crippen LogP contribution < -0.4 is 5.32 Å². The summed E-state index contributed by atoms with van der Waals surface area (Å²) in [4.78, 5) is 23.8. The largest absolute Gasteiger partial charge is 0.480 e. The molecular weight excluding hydrogens is 297 g/mol. The van der Waals surface area contributed by atoms with Crippen molar-refractivity contribution >= 4 is 23.5 Å². The first-order valence-electron chi connectivity index (χ1n) is 6.96. The van der Waals surface area contributed by atoms with Crippen molar-refractivity contribution in [3.05, 3.63) is 34.6 Å². The highest BCUT2D eigenvalue weighted by Gasteiger charge is 2.40. The summed E-state index contributed by atoms with van der Waals surface area (Å²) in [6.45, 7) is 0. The lowest BCUT2D eigenvalue weighted by atomic mass is 9.90. The third-order valence-electron chi connectivity index (χ3n) is 3.92. The van der Waals surface area contributed by atoms with Crippen LogP contribution in [0.4, 0.5) is 4.39 Å². The van der Waals surface area contributed by atoms with Crippen molar-refractivity contribution in [3.8, 4) is 0 Å². The second kappa shape index (κ2) is 6.43. The van der Waals surface area contributed by atoms with Crippen LogP contribution in [0.2, 0.25) is 5.02 Å². The van der Waals surface area contributed by atoms with E-state index in [-0.39, 0.29) is 10.6 Å². The SMILES string of the molecule is O=C(NC1(C(=O)O)CCCCCC1)c1cccc(Cl)c1F. The smallest absolute Gasteiger partial charge is 0.329 e. The maximum atomic E-state index is 13.9. The molecular formula is C15H17ClFNO3. The third kappa shape index (κ3) is 3.35. The van der Waals surface area contributed by atoms with Crippen LogP contribution >= 0.6 is 11.6 Å². The fourth-order valence-electron chi connectivity index (χ4n) is 2.69. The van der Waals surface area contributed by atoms with E-state index in [0.29, 0.717) is 12.8 Å². The molecule has 1 saturated carbocycles. The van der Waals surface area contributed by atoms with Crippen molar-refractivity contribution in [1.29, 1.82) is 0 Å². The van der Waals surface area contributed by atoms with Gasteiger partial charge in [-0.3, -0.25) is 4.79 Å². The molecule has 0 aromatic heterocycles. The summed E-state index contributed by atoms with van der Waals surface area (Å²) in [5.74, 6) is -2.63. The zero-order valence-corrected chi connectivity index (χ0v) is 12.3. The van der Waals surface area contributed by atoms with Crippen molar-refractivity contribution in [1.82, 2.24) is 5.32 Å². The number of carboxylic acid groups (broad SMARTS) is 1. The zero-order valence-electron chi connectivity index (χ0n) is 11.5. The highest BCUT2D eigenvalue weighted by atomic mass is 35.5. The molecule has 6 heteroatoms. The van der Waals surface area contributed by atoms with Gasteiger partial charge in [0, 0.05) is 0 Å². The van der Waals surface area contributed by atoms with E-state index in [4.69, 9.17) is 11.6 Å². The van der Waals surface area contributed by atoms with E-state index in [1.54, 1.807) is 0 Å². The molecule has 1 fully saturated rings. The van der Waals surface area contributed by atoms with E-state index < -0.39 is 23.2 Å². The molecule has 0 atom stereocenters. The molecule has 4 nitrogen and oxygen atoms in total. The Bertz CT molecular complexity index is 554. The second-order valence-corrected chi connectivity index (χ2v) is 5.76. The van der Waals surface area contributed by atoms with Crippen molar-refractivity contribution in [3.63, 3.8) is 0 Å².